The number of nitrogens with zero attached hydrogens (tertiary/aromatic N) is 2. The second kappa shape index (κ2) is 6.36. The summed E-state index contributed by atoms with van der Waals surface area (Å²) >= 11 is 0. The van der Waals surface area contributed by atoms with Crippen LogP contribution >= 0.6 is 0 Å². The molecule has 3 heteroatoms. The van der Waals surface area contributed by atoms with E-state index >= 15 is 0 Å². The maximum absolute atomic E-state index is 11.7. The van der Waals surface area contributed by atoms with Crippen LogP contribution in [0.15, 0.2) is 0 Å². The second-order valence-corrected chi connectivity index (χ2v) is 6.96. The summed E-state index contributed by atoms with van der Waals surface area (Å²) in [5.74, 6) is 0.716. The van der Waals surface area contributed by atoms with Crippen LogP contribution in [0.2, 0.25) is 0 Å². The minimum atomic E-state index is -0.0497. The first-order chi connectivity index (χ1) is 9.08. The molecule has 2 rings (SSSR count). The molecule has 2 fully saturated rings. The Morgan fingerprint density at radius 3 is 2.79 bits per heavy atom. The number of aldehydes is 1. The summed E-state index contributed by atoms with van der Waals surface area (Å²) in [5.41, 5.74) is -0.0497. The number of carbonyl (C=O) groups excluding carboxylic acids is 1. The highest BCUT2D eigenvalue weighted by Gasteiger charge is 2.37. The summed E-state index contributed by atoms with van der Waals surface area (Å²) in [7, 11) is 2.23. The smallest absolute Gasteiger partial charge is 0.127 e. The Labute approximate surface area is 118 Å². The molecule has 1 aliphatic carbocycles. The fourth-order valence-corrected chi connectivity index (χ4v) is 4.03. The summed E-state index contributed by atoms with van der Waals surface area (Å²) in [6.07, 6.45) is 7.21. The molecule has 1 heterocycles. The van der Waals surface area contributed by atoms with E-state index in [-0.39, 0.29) is 5.41 Å². The van der Waals surface area contributed by atoms with E-state index < -0.39 is 0 Å². The van der Waals surface area contributed by atoms with Gasteiger partial charge in [0.15, 0.2) is 0 Å². The quantitative estimate of drug-likeness (QED) is 0.730. The lowest BCUT2D eigenvalue weighted by molar-refractivity contribution is -0.120. The molecule has 0 amide bonds. The molecule has 1 saturated carbocycles. The third-order valence-corrected chi connectivity index (χ3v) is 5.25. The third kappa shape index (κ3) is 3.57. The molecule has 0 radical (unpaired) electrons. The van der Waals surface area contributed by atoms with Crippen LogP contribution in [0.1, 0.15) is 46.0 Å². The molecule has 0 spiro atoms. The predicted octanol–water partition coefficient (Wildman–Crippen LogP) is 2.41. The maximum Gasteiger partial charge on any atom is 0.127 e. The molecule has 110 valence electrons. The Morgan fingerprint density at radius 2 is 2.16 bits per heavy atom. The van der Waals surface area contributed by atoms with Crippen molar-refractivity contribution in [2.75, 3.05) is 33.2 Å². The Hall–Kier alpha value is -0.410. The topological polar surface area (TPSA) is 23.6 Å². The number of carbonyl (C=O) groups is 1. The van der Waals surface area contributed by atoms with Crippen LogP contribution in [0.25, 0.3) is 0 Å². The van der Waals surface area contributed by atoms with Crippen molar-refractivity contribution in [3.05, 3.63) is 0 Å². The van der Waals surface area contributed by atoms with Crippen LogP contribution in [-0.4, -0.2) is 55.4 Å². The van der Waals surface area contributed by atoms with Crippen LogP contribution in [0.5, 0.6) is 0 Å². The molecular formula is C16H30N2O. The minimum Gasteiger partial charge on any atom is -0.303 e. The zero-order chi connectivity index (χ0) is 13.9. The molecule has 0 aromatic rings. The first-order valence-electron chi connectivity index (χ1n) is 7.97. The largest absolute Gasteiger partial charge is 0.303 e. The fraction of sp³-hybridized carbons (Fsp3) is 0.938. The minimum absolute atomic E-state index is 0.0497. The summed E-state index contributed by atoms with van der Waals surface area (Å²) in [5, 5.41) is 0. The van der Waals surface area contributed by atoms with Crippen LogP contribution < -0.4 is 0 Å². The van der Waals surface area contributed by atoms with Crippen molar-refractivity contribution in [2.24, 2.45) is 11.3 Å². The van der Waals surface area contributed by atoms with Crippen molar-refractivity contribution in [3.8, 4) is 0 Å². The SMILES string of the molecule is CCC1CN(CC2(C=O)CCCC(C)C2)CCN1C. The van der Waals surface area contributed by atoms with Gasteiger partial charge in [0, 0.05) is 37.6 Å². The zero-order valence-corrected chi connectivity index (χ0v) is 12.9. The van der Waals surface area contributed by atoms with E-state index in [0.29, 0.717) is 12.0 Å². The molecule has 3 unspecified atom stereocenters. The van der Waals surface area contributed by atoms with Crippen molar-refractivity contribution >= 4 is 6.29 Å². The highest BCUT2D eigenvalue weighted by atomic mass is 16.1. The van der Waals surface area contributed by atoms with Gasteiger partial charge in [-0.15, -0.1) is 0 Å². The van der Waals surface area contributed by atoms with Crippen molar-refractivity contribution in [2.45, 2.75) is 52.0 Å². The van der Waals surface area contributed by atoms with Gasteiger partial charge in [0.05, 0.1) is 0 Å². The van der Waals surface area contributed by atoms with E-state index in [2.05, 4.69) is 30.7 Å². The van der Waals surface area contributed by atoms with Gasteiger partial charge in [-0.2, -0.15) is 0 Å². The summed E-state index contributed by atoms with van der Waals surface area (Å²) in [6, 6.07) is 0.665. The summed E-state index contributed by atoms with van der Waals surface area (Å²) < 4.78 is 0. The van der Waals surface area contributed by atoms with Crippen molar-refractivity contribution in [3.63, 3.8) is 0 Å². The molecule has 19 heavy (non-hydrogen) atoms. The molecule has 1 saturated heterocycles. The van der Waals surface area contributed by atoms with Crippen molar-refractivity contribution in [1.29, 1.82) is 0 Å². The van der Waals surface area contributed by atoms with Gasteiger partial charge in [-0.3, -0.25) is 4.90 Å². The number of hydrogen-bond acceptors (Lipinski definition) is 3. The first-order valence-corrected chi connectivity index (χ1v) is 7.97. The monoisotopic (exact) mass is 266 g/mol. The normalized spacial score (nSPS) is 38.3. The van der Waals surface area contributed by atoms with Gasteiger partial charge >= 0.3 is 0 Å². The zero-order valence-electron chi connectivity index (χ0n) is 12.9. The molecule has 3 nitrogen and oxygen atoms in total. The molecular weight excluding hydrogens is 236 g/mol. The van der Waals surface area contributed by atoms with Crippen LogP contribution in [0, 0.1) is 11.3 Å². The highest BCUT2D eigenvalue weighted by molar-refractivity contribution is 5.60. The van der Waals surface area contributed by atoms with Crippen LogP contribution in [0.3, 0.4) is 0 Å². The van der Waals surface area contributed by atoms with E-state index in [4.69, 9.17) is 0 Å². The van der Waals surface area contributed by atoms with Gasteiger partial charge in [0.1, 0.15) is 6.29 Å². The Balaban J connectivity index is 1.96. The van der Waals surface area contributed by atoms with Gasteiger partial charge in [0.2, 0.25) is 0 Å². The lowest BCUT2D eigenvalue weighted by Crippen LogP contribution is -2.54. The second-order valence-electron chi connectivity index (χ2n) is 6.96. The van der Waals surface area contributed by atoms with Gasteiger partial charge in [-0.25, -0.2) is 0 Å². The molecule has 3 atom stereocenters. The fourth-order valence-electron chi connectivity index (χ4n) is 4.03. The van der Waals surface area contributed by atoms with Crippen molar-refractivity contribution < 1.29 is 4.79 Å². The lowest BCUT2D eigenvalue weighted by Gasteiger charge is -2.44. The summed E-state index contributed by atoms with van der Waals surface area (Å²) in [4.78, 5) is 16.7. The van der Waals surface area contributed by atoms with Gasteiger partial charge in [-0.05, 0) is 32.2 Å². The van der Waals surface area contributed by atoms with E-state index in [0.717, 1.165) is 39.0 Å². The lowest BCUT2D eigenvalue weighted by atomic mass is 9.70. The predicted molar refractivity (Wildman–Crippen MR) is 79.3 cm³/mol. The van der Waals surface area contributed by atoms with E-state index in [9.17, 15) is 4.79 Å². The number of rotatable bonds is 4. The molecule has 1 aliphatic heterocycles. The number of piperazine rings is 1. The highest BCUT2D eigenvalue weighted by Crippen LogP contribution is 2.38. The van der Waals surface area contributed by atoms with Gasteiger partial charge < -0.3 is 9.69 Å². The average Bonchev–Trinajstić information content (AvgIpc) is 2.41. The molecule has 0 N–H and O–H groups in total. The first kappa shape index (κ1) is 15.0. The van der Waals surface area contributed by atoms with Gasteiger partial charge in [-0.1, -0.05) is 26.7 Å². The average molecular weight is 266 g/mol. The summed E-state index contributed by atoms with van der Waals surface area (Å²) in [6.45, 7) is 8.96. The van der Waals surface area contributed by atoms with Gasteiger partial charge in [0.25, 0.3) is 0 Å². The third-order valence-electron chi connectivity index (χ3n) is 5.25. The Morgan fingerprint density at radius 1 is 1.37 bits per heavy atom. The maximum atomic E-state index is 11.7. The number of hydrogen-bond donors (Lipinski definition) is 0. The van der Waals surface area contributed by atoms with Crippen molar-refractivity contribution in [1.82, 2.24) is 9.80 Å². The Bertz CT molecular complexity index is 307. The van der Waals surface area contributed by atoms with E-state index in [1.165, 1.54) is 25.5 Å². The van der Waals surface area contributed by atoms with Crippen LogP contribution in [-0.2, 0) is 4.79 Å². The molecule has 2 aliphatic rings. The van der Waals surface area contributed by atoms with E-state index in [1.807, 2.05) is 0 Å². The number of likely N-dealkylation sites (N-methyl/N-ethyl adjacent to an activating group) is 1. The van der Waals surface area contributed by atoms with E-state index in [1.54, 1.807) is 0 Å². The molecule has 0 aromatic heterocycles. The standard InChI is InChI=1S/C16H30N2O/c1-4-15-11-18(9-8-17(15)3)12-16(13-19)7-5-6-14(2)10-16/h13-15H,4-12H2,1-3H3. The molecule has 0 bridgehead atoms. The Kier molecular flexibility index (Phi) is 5.02. The molecule has 0 aromatic carbocycles. The van der Waals surface area contributed by atoms with Crippen LogP contribution in [0.4, 0.5) is 0 Å².